The highest BCUT2D eigenvalue weighted by Crippen LogP contribution is 2.35. The van der Waals surface area contributed by atoms with Crippen LogP contribution < -0.4 is 11.5 Å². The highest BCUT2D eigenvalue weighted by atomic mass is 16.1. The van der Waals surface area contributed by atoms with E-state index in [1.165, 1.54) is 0 Å². The van der Waals surface area contributed by atoms with Crippen molar-refractivity contribution in [3.63, 3.8) is 0 Å². The topological polar surface area (TPSA) is 86.2 Å². The Hall–Kier alpha value is -2.62. The second kappa shape index (κ2) is 4.20. The summed E-state index contributed by atoms with van der Waals surface area (Å²) < 4.78 is 0. The van der Waals surface area contributed by atoms with Crippen LogP contribution in [0.5, 0.6) is 0 Å². The lowest BCUT2D eigenvalue weighted by atomic mass is 9.81. The van der Waals surface area contributed by atoms with Gasteiger partial charge in [0.05, 0.1) is 16.9 Å². The Bertz CT molecular complexity index is 763. The third-order valence-electron chi connectivity index (χ3n) is 3.76. The third kappa shape index (κ3) is 1.48. The van der Waals surface area contributed by atoms with E-state index in [1.807, 2.05) is 6.92 Å². The largest absolute Gasteiger partial charge is 0.397 e. The van der Waals surface area contributed by atoms with E-state index in [0.717, 1.165) is 5.56 Å². The van der Waals surface area contributed by atoms with Gasteiger partial charge in [-0.1, -0.05) is 31.2 Å². The lowest BCUT2D eigenvalue weighted by Crippen LogP contribution is -2.23. The number of benzene rings is 2. The molecule has 0 amide bonds. The number of ketones is 2. The van der Waals surface area contributed by atoms with Crippen molar-refractivity contribution < 1.29 is 9.59 Å². The Morgan fingerprint density at radius 3 is 2.10 bits per heavy atom. The molecule has 0 fully saturated rings. The summed E-state index contributed by atoms with van der Waals surface area (Å²) in [5.41, 5.74) is 14.8. The van der Waals surface area contributed by atoms with Crippen molar-refractivity contribution in [3.05, 3.63) is 58.1 Å². The van der Waals surface area contributed by atoms with Gasteiger partial charge in [0.25, 0.3) is 0 Å². The number of aryl methyl sites for hydroxylation is 1. The Morgan fingerprint density at radius 1 is 0.900 bits per heavy atom. The summed E-state index contributed by atoms with van der Waals surface area (Å²) in [4.78, 5) is 25.1. The number of rotatable bonds is 1. The average Bonchev–Trinajstić information content (AvgIpc) is 2.47. The number of anilines is 2. The summed E-state index contributed by atoms with van der Waals surface area (Å²) in [6.07, 6.45) is 0.659. The van der Waals surface area contributed by atoms with Gasteiger partial charge in [-0.05, 0) is 18.1 Å². The molecular formula is C16H14N2O2. The van der Waals surface area contributed by atoms with E-state index in [-0.39, 0.29) is 22.8 Å². The first-order chi connectivity index (χ1) is 9.56. The monoisotopic (exact) mass is 266 g/mol. The summed E-state index contributed by atoms with van der Waals surface area (Å²) in [7, 11) is 0. The minimum absolute atomic E-state index is 0.170. The first-order valence-corrected chi connectivity index (χ1v) is 6.45. The quantitative estimate of drug-likeness (QED) is 0.661. The second-order valence-electron chi connectivity index (χ2n) is 4.84. The lowest BCUT2D eigenvalue weighted by molar-refractivity contribution is 0.0979. The molecule has 3 rings (SSSR count). The molecule has 0 atom stereocenters. The normalized spacial score (nSPS) is 13.1. The van der Waals surface area contributed by atoms with E-state index in [1.54, 1.807) is 30.3 Å². The highest BCUT2D eigenvalue weighted by Gasteiger charge is 2.32. The minimum atomic E-state index is -0.234. The van der Waals surface area contributed by atoms with Gasteiger partial charge < -0.3 is 11.5 Å². The van der Waals surface area contributed by atoms with Crippen LogP contribution in [-0.4, -0.2) is 11.6 Å². The molecule has 0 aliphatic heterocycles. The van der Waals surface area contributed by atoms with Crippen LogP contribution in [-0.2, 0) is 6.42 Å². The molecule has 0 saturated carbocycles. The van der Waals surface area contributed by atoms with E-state index >= 15 is 0 Å². The van der Waals surface area contributed by atoms with Crippen LogP contribution >= 0.6 is 0 Å². The second-order valence-corrected chi connectivity index (χ2v) is 4.84. The first kappa shape index (κ1) is 12.4. The number of carbonyl (C=O) groups excluding carboxylic acids is 2. The number of hydrogen-bond acceptors (Lipinski definition) is 4. The van der Waals surface area contributed by atoms with Crippen LogP contribution in [0, 0.1) is 0 Å². The molecule has 4 nitrogen and oxygen atoms in total. The molecule has 20 heavy (non-hydrogen) atoms. The molecular weight excluding hydrogens is 252 g/mol. The van der Waals surface area contributed by atoms with Crippen LogP contribution in [0.25, 0.3) is 0 Å². The average molecular weight is 266 g/mol. The number of hydrogen-bond donors (Lipinski definition) is 2. The summed E-state index contributed by atoms with van der Waals surface area (Å²) in [6.45, 7) is 1.93. The SMILES string of the molecule is CCc1cc2c(c(N)c1N)C(=O)c1ccccc1C2=O. The third-order valence-corrected chi connectivity index (χ3v) is 3.76. The Kier molecular flexibility index (Phi) is 2.61. The molecule has 4 heteroatoms. The van der Waals surface area contributed by atoms with Crippen molar-refractivity contribution in [1.29, 1.82) is 0 Å². The number of nitrogens with two attached hydrogens (primary N) is 2. The maximum atomic E-state index is 12.5. The van der Waals surface area contributed by atoms with Gasteiger partial charge in [-0.15, -0.1) is 0 Å². The minimum Gasteiger partial charge on any atom is -0.397 e. The van der Waals surface area contributed by atoms with Crippen LogP contribution in [0.1, 0.15) is 44.3 Å². The molecule has 0 bridgehead atoms. The van der Waals surface area contributed by atoms with Gasteiger partial charge >= 0.3 is 0 Å². The summed E-state index contributed by atoms with van der Waals surface area (Å²) in [5.74, 6) is -0.404. The van der Waals surface area contributed by atoms with Gasteiger partial charge in [-0.25, -0.2) is 0 Å². The van der Waals surface area contributed by atoms with Crippen molar-refractivity contribution >= 4 is 22.9 Å². The van der Waals surface area contributed by atoms with E-state index < -0.39 is 0 Å². The predicted molar refractivity (Wildman–Crippen MR) is 78.0 cm³/mol. The molecule has 100 valence electrons. The van der Waals surface area contributed by atoms with Crippen molar-refractivity contribution in [1.82, 2.24) is 0 Å². The summed E-state index contributed by atoms with van der Waals surface area (Å²) in [5, 5.41) is 0. The molecule has 0 saturated heterocycles. The van der Waals surface area contributed by atoms with Crippen molar-refractivity contribution in [2.45, 2.75) is 13.3 Å². The molecule has 2 aromatic rings. The van der Waals surface area contributed by atoms with Crippen molar-refractivity contribution in [2.24, 2.45) is 0 Å². The van der Waals surface area contributed by atoms with E-state index in [9.17, 15) is 9.59 Å². The molecule has 0 heterocycles. The fourth-order valence-electron chi connectivity index (χ4n) is 2.65. The Balaban J connectivity index is 2.36. The maximum Gasteiger partial charge on any atom is 0.196 e. The van der Waals surface area contributed by atoms with E-state index in [4.69, 9.17) is 11.5 Å². The lowest BCUT2D eigenvalue weighted by Gasteiger charge is -2.21. The van der Waals surface area contributed by atoms with Gasteiger partial charge in [0.1, 0.15) is 0 Å². The van der Waals surface area contributed by atoms with Crippen LogP contribution in [0.15, 0.2) is 30.3 Å². The summed E-state index contributed by atoms with van der Waals surface area (Å²) in [6, 6.07) is 8.47. The molecule has 0 aromatic heterocycles. The van der Waals surface area contributed by atoms with Gasteiger partial charge in [0, 0.05) is 16.7 Å². The predicted octanol–water partition coefficient (Wildman–Crippen LogP) is 2.19. The fourth-order valence-corrected chi connectivity index (χ4v) is 2.65. The molecule has 1 aliphatic carbocycles. The van der Waals surface area contributed by atoms with E-state index in [2.05, 4.69) is 0 Å². The van der Waals surface area contributed by atoms with Gasteiger partial charge in [0.2, 0.25) is 0 Å². The number of fused-ring (bicyclic) bond motifs is 2. The molecule has 1 aliphatic rings. The highest BCUT2D eigenvalue weighted by molar-refractivity contribution is 6.30. The first-order valence-electron chi connectivity index (χ1n) is 6.45. The molecule has 2 aromatic carbocycles. The van der Waals surface area contributed by atoms with E-state index in [0.29, 0.717) is 28.8 Å². The van der Waals surface area contributed by atoms with Gasteiger partial charge in [0.15, 0.2) is 11.6 Å². The van der Waals surface area contributed by atoms with Crippen LogP contribution in [0.3, 0.4) is 0 Å². The Labute approximate surface area is 116 Å². The van der Waals surface area contributed by atoms with Crippen LogP contribution in [0.2, 0.25) is 0 Å². The molecule has 4 N–H and O–H groups in total. The molecule has 0 spiro atoms. The zero-order chi connectivity index (χ0) is 14.4. The van der Waals surface area contributed by atoms with Crippen molar-refractivity contribution in [3.8, 4) is 0 Å². The maximum absolute atomic E-state index is 12.5. The zero-order valence-electron chi connectivity index (χ0n) is 11.1. The smallest absolute Gasteiger partial charge is 0.196 e. The standard InChI is InChI=1S/C16H14N2O2/c1-2-8-7-11-12(14(18)13(8)17)16(20)10-6-4-3-5-9(10)15(11)19/h3-7H,2,17-18H2,1H3. The van der Waals surface area contributed by atoms with Gasteiger partial charge in [-0.2, -0.15) is 0 Å². The fraction of sp³-hybridized carbons (Fsp3) is 0.125. The number of nitrogen functional groups attached to an aromatic ring is 2. The van der Waals surface area contributed by atoms with Gasteiger partial charge in [-0.3, -0.25) is 9.59 Å². The molecule has 0 radical (unpaired) electrons. The summed E-state index contributed by atoms with van der Waals surface area (Å²) >= 11 is 0. The van der Waals surface area contributed by atoms with Crippen molar-refractivity contribution in [2.75, 3.05) is 11.5 Å². The van der Waals surface area contributed by atoms with Crippen LogP contribution in [0.4, 0.5) is 11.4 Å². The Morgan fingerprint density at radius 2 is 1.50 bits per heavy atom. The number of carbonyl (C=O) groups is 2. The molecule has 0 unspecified atom stereocenters. The zero-order valence-corrected chi connectivity index (χ0v) is 11.1.